The first kappa shape index (κ1) is 12.8. The zero-order chi connectivity index (χ0) is 13.3. The van der Waals surface area contributed by atoms with Crippen molar-refractivity contribution in [2.24, 2.45) is 12.2 Å². The predicted molar refractivity (Wildman–Crippen MR) is 58.7 cm³/mol. The minimum atomic E-state index is -4.31. The van der Waals surface area contributed by atoms with E-state index in [1.807, 2.05) is 0 Å². The van der Waals surface area contributed by atoms with E-state index in [2.05, 4.69) is 15.6 Å². The summed E-state index contributed by atoms with van der Waals surface area (Å²) < 4.78 is 39.3. The molecule has 2 heterocycles. The van der Waals surface area contributed by atoms with Crippen molar-refractivity contribution in [2.45, 2.75) is 12.2 Å². The van der Waals surface area contributed by atoms with Gasteiger partial charge in [0.05, 0.1) is 6.20 Å². The maximum atomic E-state index is 12.6. The molecule has 1 N–H and O–H groups in total. The quantitative estimate of drug-likeness (QED) is 0.813. The van der Waals surface area contributed by atoms with Gasteiger partial charge < -0.3 is 10.2 Å². The Hall–Kier alpha value is -1.64. The summed E-state index contributed by atoms with van der Waals surface area (Å²) in [7, 11) is 1.56. The first-order valence-corrected chi connectivity index (χ1v) is 5.34. The van der Waals surface area contributed by atoms with Gasteiger partial charge in [0, 0.05) is 26.7 Å². The van der Waals surface area contributed by atoms with Crippen LogP contribution in [-0.4, -0.2) is 41.6 Å². The Labute approximate surface area is 101 Å². The van der Waals surface area contributed by atoms with Gasteiger partial charge in [-0.05, 0) is 5.18 Å². The van der Waals surface area contributed by atoms with Crippen LogP contribution in [-0.2, 0) is 7.05 Å². The van der Waals surface area contributed by atoms with Crippen LogP contribution in [0.15, 0.2) is 11.4 Å². The average Bonchev–Trinajstić information content (AvgIpc) is 2.69. The number of nitrogens with one attached hydrogen (secondary N) is 1. The summed E-state index contributed by atoms with van der Waals surface area (Å²) in [5, 5.41) is 9.01. The van der Waals surface area contributed by atoms with Gasteiger partial charge in [-0.3, -0.25) is 4.68 Å². The number of anilines is 1. The number of aromatic nitrogens is 2. The SMILES string of the molecule is Cn1ncc(N=O)c1N1CCNC(C(F)(F)F)C1. The summed E-state index contributed by atoms with van der Waals surface area (Å²) in [4.78, 5) is 12.1. The Bertz CT molecular complexity index is 444. The van der Waals surface area contributed by atoms with E-state index in [9.17, 15) is 18.1 Å². The van der Waals surface area contributed by atoms with Crippen LogP contribution in [0.2, 0.25) is 0 Å². The number of hydrogen-bond acceptors (Lipinski definition) is 5. The number of nitrogens with zero attached hydrogens (tertiary/aromatic N) is 4. The van der Waals surface area contributed by atoms with Crippen LogP contribution in [0.5, 0.6) is 0 Å². The van der Waals surface area contributed by atoms with Gasteiger partial charge in [0.15, 0.2) is 11.5 Å². The summed E-state index contributed by atoms with van der Waals surface area (Å²) >= 11 is 0. The van der Waals surface area contributed by atoms with E-state index in [1.54, 1.807) is 7.05 Å². The molecule has 2 rings (SSSR count). The molecule has 1 unspecified atom stereocenters. The fourth-order valence-corrected chi connectivity index (χ4v) is 2.01. The number of nitroso groups, excluding NO2 is 1. The lowest BCUT2D eigenvalue weighted by Crippen LogP contribution is -2.57. The van der Waals surface area contributed by atoms with E-state index >= 15 is 0 Å². The molecule has 1 aromatic heterocycles. The normalized spacial score (nSPS) is 21.1. The third kappa shape index (κ3) is 2.30. The van der Waals surface area contributed by atoms with Crippen molar-refractivity contribution in [1.82, 2.24) is 15.1 Å². The van der Waals surface area contributed by atoms with Crippen molar-refractivity contribution >= 4 is 11.5 Å². The molecule has 1 saturated heterocycles. The molecule has 0 radical (unpaired) electrons. The van der Waals surface area contributed by atoms with Crippen LogP contribution in [0, 0.1) is 4.91 Å². The minimum absolute atomic E-state index is 0.0559. The minimum Gasteiger partial charge on any atom is -0.352 e. The second-order valence-electron chi connectivity index (χ2n) is 4.06. The fraction of sp³-hybridized carbons (Fsp3) is 0.667. The first-order valence-electron chi connectivity index (χ1n) is 5.34. The molecule has 0 saturated carbocycles. The Morgan fingerprint density at radius 1 is 1.56 bits per heavy atom. The van der Waals surface area contributed by atoms with Crippen molar-refractivity contribution in [2.75, 3.05) is 24.5 Å². The summed E-state index contributed by atoms with van der Waals surface area (Å²) in [5.41, 5.74) is 0.0559. The van der Waals surface area contributed by atoms with Crippen LogP contribution in [0.25, 0.3) is 0 Å². The molecule has 1 fully saturated rings. The third-order valence-corrected chi connectivity index (χ3v) is 2.86. The highest BCUT2D eigenvalue weighted by atomic mass is 19.4. The highest BCUT2D eigenvalue weighted by Crippen LogP contribution is 2.30. The number of piperazine rings is 1. The largest absolute Gasteiger partial charge is 0.405 e. The molecule has 1 aromatic rings. The Kier molecular flexibility index (Phi) is 3.24. The zero-order valence-corrected chi connectivity index (χ0v) is 9.61. The molecule has 100 valence electrons. The van der Waals surface area contributed by atoms with Crippen LogP contribution >= 0.6 is 0 Å². The van der Waals surface area contributed by atoms with Crippen LogP contribution in [0.1, 0.15) is 0 Å². The van der Waals surface area contributed by atoms with Crippen molar-refractivity contribution in [3.63, 3.8) is 0 Å². The van der Waals surface area contributed by atoms with Gasteiger partial charge >= 0.3 is 6.18 Å². The van der Waals surface area contributed by atoms with Crippen LogP contribution < -0.4 is 10.2 Å². The van der Waals surface area contributed by atoms with Crippen LogP contribution in [0.3, 0.4) is 0 Å². The lowest BCUT2D eigenvalue weighted by Gasteiger charge is -2.35. The molecular formula is C9H12F3N5O. The van der Waals surface area contributed by atoms with Gasteiger partial charge in [0.1, 0.15) is 6.04 Å². The summed E-state index contributed by atoms with van der Waals surface area (Å²) in [6, 6.07) is -1.61. The summed E-state index contributed by atoms with van der Waals surface area (Å²) in [6.45, 7) is 0.299. The smallest absolute Gasteiger partial charge is 0.352 e. The van der Waals surface area contributed by atoms with Crippen molar-refractivity contribution in [1.29, 1.82) is 0 Å². The molecule has 0 aliphatic carbocycles. The zero-order valence-electron chi connectivity index (χ0n) is 9.61. The van der Waals surface area contributed by atoms with Gasteiger partial charge in [0.25, 0.3) is 0 Å². The van der Waals surface area contributed by atoms with E-state index in [4.69, 9.17) is 0 Å². The second kappa shape index (κ2) is 4.56. The van der Waals surface area contributed by atoms with Gasteiger partial charge in [-0.15, -0.1) is 4.91 Å². The van der Waals surface area contributed by atoms with Gasteiger partial charge in [-0.1, -0.05) is 0 Å². The molecule has 1 aliphatic rings. The molecule has 1 aliphatic heterocycles. The molecular weight excluding hydrogens is 251 g/mol. The third-order valence-electron chi connectivity index (χ3n) is 2.86. The van der Waals surface area contributed by atoms with Crippen molar-refractivity contribution in [3.05, 3.63) is 11.1 Å². The van der Waals surface area contributed by atoms with E-state index in [0.717, 1.165) is 0 Å². The van der Waals surface area contributed by atoms with E-state index in [1.165, 1.54) is 15.8 Å². The number of hydrogen-bond donors (Lipinski definition) is 1. The highest BCUT2D eigenvalue weighted by Gasteiger charge is 2.42. The standard InChI is InChI=1S/C9H12F3N5O/c1-16-8(6(15-18)4-14-16)17-3-2-13-7(5-17)9(10,11)12/h4,7,13H,2-3,5H2,1H3. The number of alkyl halides is 3. The number of rotatable bonds is 2. The lowest BCUT2D eigenvalue weighted by molar-refractivity contribution is -0.155. The summed E-state index contributed by atoms with van der Waals surface area (Å²) in [5.74, 6) is 0.320. The maximum Gasteiger partial charge on any atom is 0.405 e. The molecule has 0 spiro atoms. The number of aryl methyl sites for hydroxylation is 1. The predicted octanol–water partition coefficient (Wildman–Crippen LogP) is 1.16. The van der Waals surface area contributed by atoms with E-state index < -0.39 is 12.2 Å². The highest BCUT2D eigenvalue weighted by molar-refractivity contribution is 5.62. The lowest BCUT2D eigenvalue weighted by atomic mass is 10.2. The molecule has 0 aromatic carbocycles. The van der Waals surface area contributed by atoms with E-state index in [0.29, 0.717) is 12.4 Å². The molecule has 1 atom stereocenters. The van der Waals surface area contributed by atoms with Crippen LogP contribution in [0.4, 0.5) is 24.7 Å². The second-order valence-corrected chi connectivity index (χ2v) is 4.06. The molecule has 0 bridgehead atoms. The topological polar surface area (TPSA) is 62.5 Å². The van der Waals surface area contributed by atoms with E-state index in [-0.39, 0.29) is 18.8 Å². The molecule has 0 amide bonds. The molecule has 18 heavy (non-hydrogen) atoms. The maximum absolute atomic E-state index is 12.6. The Morgan fingerprint density at radius 2 is 2.28 bits per heavy atom. The monoisotopic (exact) mass is 263 g/mol. The van der Waals surface area contributed by atoms with Gasteiger partial charge in [0.2, 0.25) is 0 Å². The van der Waals surface area contributed by atoms with Crippen molar-refractivity contribution in [3.8, 4) is 0 Å². The van der Waals surface area contributed by atoms with Gasteiger partial charge in [-0.25, -0.2) is 0 Å². The van der Waals surface area contributed by atoms with Crippen molar-refractivity contribution < 1.29 is 13.2 Å². The van der Waals surface area contributed by atoms with Gasteiger partial charge in [-0.2, -0.15) is 18.3 Å². The number of halogens is 3. The Balaban J connectivity index is 2.23. The molecule has 9 heteroatoms. The summed E-state index contributed by atoms with van der Waals surface area (Å²) in [6.07, 6.45) is -3.07. The average molecular weight is 263 g/mol. The Morgan fingerprint density at radius 3 is 2.89 bits per heavy atom. The fourth-order valence-electron chi connectivity index (χ4n) is 2.01. The first-order chi connectivity index (χ1) is 8.43. The molecule has 6 nitrogen and oxygen atoms in total.